The van der Waals surface area contributed by atoms with Crippen LogP contribution in [0.3, 0.4) is 0 Å². The van der Waals surface area contributed by atoms with Crippen LogP contribution in [0.1, 0.15) is 80.1 Å². The number of hydrogen-bond acceptors (Lipinski definition) is 6. The molecule has 1 rings (SSSR count). The summed E-state index contributed by atoms with van der Waals surface area (Å²) in [7, 11) is 0. The number of nitrogens with two attached hydrogens (primary N) is 2. The van der Waals surface area contributed by atoms with E-state index in [-0.39, 0.29) is 11.8 Å². The molecular formula is C23H43N5O5. The standard InChI is InChI=1S/C23H43N5O5/c1-7-10-17(19(30)28-23(20(25)31)13-15(23)14(2)3)27-18(29)16(24)11-8-9-12-26-21(32)33-22(4,5)6/h14-17H,7-13,24H2,1-6H3,(H2,25,31)(H,26,32)(H,27,29)(H,28,30)/t15?,16-,17-,23?/m0/s1. The maximum absolute atomic E-state index is 12.9. The Morgan fingerprint density at radius 1 is 1.09 bits per heavy atom. The molecule has 0 heterocycles. The van der Waals surface area contributed by atoms with Gasteiger partial charge in [-0.1, -0.05) is 27.2 Å². The van der Waals surface area contributed by atoms with Gasteiger partial charge in [0.2, 0.25) is 17.7 Å². The lowest BCUT2D eigenvalue weighted by Gasteiger charge is -2.24. The molecule has 4 atom stereocenters. The van der Waals surface area contributed by atoms with Crippen molar-refractivity contribution in [3.05, 3.63) is 0 Å². The third kappa shape index (κ3) is 9.19. The van der Waals surface area contributed by atoms with Gasteiger partial charge in [0.1, 0.15) is 17.2 Å². The van der Waals surface area contributed by atoms with Gasteiger partial charge in [-0.05, 0) is 64.7 Å². The number of rotatable bonds is 13. The van der Waals surface area contributed by atoms with Crippen molar-refractivity contribution < 1.29 is 23.9 Å². The normalized spacial score (nSPS) is 21.6. The van der Waals surface area contributed by atoms with Gasteiger partial charge in [-0.15, -0.1) is 0 Å². The van der Waals surface area contributed by atoms with Gasteiger partial charge in [0.15, 0.2) is 0 Å². The number of unbranched alkanes of at least 4 members (excludes halogenated alkanes) is 1. The molecule has 190 valence electrons. The summed E-state index contributed by atoms with van der Waals surface area (Å²) in [4.78, 5) is 49.0. The Labute approximate surface area is 197 Å². The Balaban J connectivity index is 2.49. The van der Waals surface area contributed by atoms with E-state index in [1.54, 1.807) is 20.8 Å². The van der Waals surface area contributed by atoms with E-state index in [2.05, 4.69) is 16.0 Å². The molecule has 1 fully saturated rings. The average Bonchev–Trinajstić information content (AvgIpc) is 3.41. The number of ether oxygens (including phenoxy) is 1. The Morgan fingerprint density at radius 2 is 1.73 bits per heavy atom. The van der Waals surface area contributed by atoms with Crippen LogP contribution in [0.25, 0.3) is 0 Å². The van der Waals surface area contributed by atoms with Gasteiger partial charge in [0.05, 0.1) is 6.04 Å². The predicted molar refractivity (Wildman–Crippen MR) is 126 cm³/mol. The fraction of sp³-hybridized carbons (Fsp3) is 0.826. The molecule has 0 bridgehead atoms. The van der Waals surface area contributed by atoms with E-state index >= 15 is 0 Å². The molecule has 1 aliphatic carbocycles. The van der Waals surface area contributed by atoms with Crippen molar-refractivity contribution in [3.8, 4) is 0 Å². The molecule has 4 amide bonds. The minimum Gasteiger partial charge on any atom is -0.444 e. The van der Waals surface area contributed by atoms with Crippen LogP contribution in [0.5, 0.6) is 0 Å². The van der Waals surface area contributed by atoms with Crippen LogP contribution >= 0.6 is 0 Å². The zero-order chi connectivity index (χ0) is 25.4. The zero-order valence-electron chi connectivity index (χ0n) is 21.0. The van der Waals surface area contributed by atoms with Gasteiger partial charge in [0.25, 0.3) is 0 Å². The molecule has 0 aromatic rings. The van der Waals surface area contributed by atoms with E-state index < -0.39 is 47.0 Å². The number of amides is 4. The molecule has 1 aliphatic rings. The van der Waals surface area contributed by atoms with E-state index in [0.29, 0.717) is 45.1 Å². The van der Waals surface area contributed by atoms with Crippen LogP contribution in [-0.2, 0) is 19.1 Å². The lowest BCUT2D eigenvalue weighted by atomic mass is 10.0. The number of carbonyl (C=O) groups is 4. The first kappa shape index (κ1) is 28.7. The Hall–Kier alpha value is -2.36. The topological polar surface area (TPSA) is 166 Å². The maximum atomic E-state index is 12.9. The number of alkyl carbamates (subject to hydrolysis) is 1. The molecule has 0 aromatic heterocycles. The lowest BCUT2D eigenvalue weighted by Crippen LogP contribution is -2.57. The van der Waals surface area contributed by atoms with E-state index in [1.165, 1.54) is 0 Å². The van der Waals surface area contributed by atoms with Crippen molar-refractivity contribution >= 4 is 23.8 Å². The summed E-state index contributed by atoms with van der Waals surface area (Å²) in [5.41, 5.74) is 9.98. The minimum absolute atomic E-state index is 0.00604. The van der Waals surface area contributed by atoms with Crippen molar-refractivity contribution in [2.24, 2.45) is 23.3 Å². The Bertz CT molecular complexity index is 706. The van der Waals surface area contributed by atoms with Crippen molar-refractivity contribution in [1.82, 2.24) is 16.0 Å². The molecule has 10 heteroatoms. The fourth-order valence-electron chi connectivity index (χ4n) is 3.85. The van der Waals surface area contributed by atoms with Crippen LogP contribution in [0.2, 0.25) is 0 Å². The third-order valence-corrected chi connectivity index (χ3v) is 5.76. The minimum atomic E-state index is -1.04. The monoisotopic (exact) mass is 469 g/mol. The van der Waals surface area contributed by atoms with Crippen molar-refractivity contribution in [2.75, 3.05) is 6.54 Å². The summed E-state index contributed by atoms with van der Waals surface area (Å²) in [5, 5.41) is 8.17. The molecule has 0 aliphatic heterocycles. The molecule has 10 nitrogen and oxygen atoms in total. The number of primary amides is 1. The number of nitrogens with one attached hydrogen (secondary N) is 3. The SMILES string of the molecule is CCC[C@H](NC(=O)[C@@H](N)CCCCNC(=O)OC(C)(C)C)C(=O)NC1(C(N)=O)CC1C(C)C. The second-order valence-electron chi connectivity index (χ2n) is 10.3. The fourth-order valence-corrected chi connectivity index (χ4v) is 3.85. The van der Waals surface area contributed by atoms with Gasteiger partial charge in [-0.2, -0.15) is 0 Å². The molecule has 2 unspecified atom stereocenters. The van der Waals surface area contributed by atoms with Crippen LogP contribution < -0.4 is 27.4 Å². The molecule has 0 saturated heterocycles. The van der Waals surface area contributed by atoms with Crippen LogP contribution in [-0.4, -0.2) is 53.6 Å². The summed E-state index contributed by atoms with van der Waals surface area (Å²) < 4.78 is 5.16. The van der Waals surface area contributed by atoms with Gasteiger partial charge in [-0.25, -0.2) is 4.79 Å². The van der Waals surface area contributed by atoms with E-state index in [4.69, 9.17) is 16.2 Å². The summed E-state index contributed by atoms with van der Waals surface area (Å²) in [6, 6.07) is -1.57. The van der Waals surface area contributed by atoms with Gasteiger partial charge in [-0.3, -0.25) is 14.4 Å². The molecule has 0 spiro atoms. The lowest BCUT2D eigenvalue weighted by molar-refractivity contribution is -0.132. The number of carbonyl (C=O) groups excluding carboxylic acids is 4. The van der Waals surface area contributed by atoms with Crippen LogP contribution in [0.4, 0.5) is 4.79 Å². The summed E-state index contributed by atoms with van der Waals surface area (Å²) in [6.45, 7) is 11.6. The van der Waals surface area contributed by atoms with Gasteiger partial charge >= 0.3 is 6.09 Å². The summed E-state index contributed by atoms with van der Waals surface area (Å²) in [5.74, 6) is -1.19. The first-order valence-electron chi connectivity index (χ1n) is 11.9. The second kappa shape index (κ2) is 12.2. The molecule has 33 heavy (non-hydrogen) atoms. The van der Waals surface area contributed by atoms with Crippen LogP contribution in [0, 0.1) is 11.8 Å². The van der Waals surface area contributed by atoms with E-state index in [0.717, 1.165) is 0 Å². The average molecular weight is 470 g/mol. The largest absolute Gasteiger partial charge is 0.444 e. The van der Waals surface area contributed by atoms with E-state index in [9.17, 15) is 19.2 Å². The van der Waals surface area contributed by atoms with Crippen molar-refractivity contribution in [1.29, 1.82) is 0 Å². The summed E-state index contributed by atoms with van der Waals surface area (Å²) >= 11 is 0. The Morgan fingerprint density at radius 3 is 2.21 bits per heavy atom. The van der Waals surface area contributed by atoms with Crippen LogP contribution in [0.15, 0.2) is 0 Å². The molecule has 1 saturated carbocycles. The first-order chi connectivity index (χ1) is 15.2. The van der Waals surface area contributed by atoms with Crippen molar-refractivity contribution in [3.63, 3.8) is 0 Å². The highest BCUT2D eigenvalue weighted by Gasteiger charge is 2.61. The molecule has 7 N–H and O–H groups in total. The second-order valence-corrected chi connectivity index (χ2v) is 10.3. The van der Waals surface area contributed by atoms with Crippen molar-refractivity contribution in [2.45, 2.75) is 103 Å². The molecule has 0 aromatic carbocycles. The quantitative estimate of drug-likeness (QED) is 0.255. The zero-order valence-corrected chi connectivity index (χ0v) is 21.0. The first-order valence-corrected chi connectivity index (χ1v) is 11.9. The number of hydrogen-bond donors (Lipinski definition) is 5. The Kier molecular flexibility index (Phi) is 10.6. The molecule has 0 radical (unpaired) electrons. The highest BCUT2D eigenvalue weighted by molar-refractivity contribution is 5.96. The maximum Gasteiger partial charge on any atom is 0.407 e. The van der Waals surface area contributed by atoms with Gasteiger partial charge in [0, 0.05) is 6.54 Å². The summed E-state index contributed by atoms with van der Waals surface area (Å²) in [6.07, 6.45) is 2.78. The van der Waals surface area contributed by atoms with Gasteiger partial charge < -0.3 is 32.2 Å². The van der Waals surface area contributed by atoms with E-state index in [1.807, 2.05) is 20.8 Å². The smallest absolute Gasteiger partial charge is 0.407 e. The third-order valence-electron chi connectivity index (χ3n) is 5.76. The highest BCUT2D eigenvalue weighted by atomic mass is 16.6. The highest BCUT2D eigenvalue weighted by Crippen LogP contribution is 2.48. The predicted octanol–water partition coefficient (Wildman–Crippen LogP) is 1.31. The molecular weight excluding hydrogens is 426 g/mol.